The Morgan fingerprint density at radius 2 is 1.95 bits per heavy atom. The summed E-state index contributed by atoms with van der Waals surface area (Å²) in [6.07, 6.45) is 1.56. The number of aromatic nitrogens is 1. The smallest absolute Gasteiger partial charge is 0.319 e. The van der Waals surface area contributed by atoms with E-state index in [1.807, 2.05) is 13.8 Å². The summed E-state index contributed by atoms with van der Waals surface area (Å²) in [7, 11) is 0. The number of hydrogen-bond donors (Lipinski definition) is 3. The average Bonchev–Trinajstić information content (AvgIpc) is 2.43. The Hall–Kier alpha value is -1.98. The van der Waals surface area contributed by atoms with E-state index < -0.39 is 0 Å². The van der Waals surface area contributed by atoms with E-state index in [0.717, 1.165) is 0 Å². The third-order valence-corrected chi connectivity index (χ3v) is 3.18. The molecule has 0 spiro atoms. The van der Waals surface area contributed by atoms with Crippen LogP contribution in [0.1, 0.15) is 13.8 Å². The highest BCUT2D eigenvalue weighted by Crippen LogP contribution is 2.27. The summed E-state index contributed by atoms with van der Waals surface area (Å²) in [6.45, 7) is 3.78. The molecule has 1 aromatic heterocycles. The van der Waals surface area contributed by atoms with Crippen molar-refractivity contribution in [2.75, 3.05) is 10.6 Å². The first-order valence-corrected chi connectivity index (χ1v) is 7.45. The molecule has 1 aromatic carbocycles. The average molecular weight is 339 g/mol. The number of carbonyl (C=O) groups excluding carboxylic acids is 1. The van der Waals surface area contributed by atoms with Crippen molar-refractivity contribution in [3.05, 3.63) is 46.6 Å². The SMILES string of the molecule is CC(C)NC(=O)Nc1ccc(Nc2ccc(Cl)cc2Cl)nc1. The fraction of sp³-hybridized carbons (Fsp3) is 0.200. The number of anilines is 3. The van der Waals surface area contributed by atoms with Gasteiger partial charge in [0.25, 0.3) is 0 Å². The van der Waals surface area contributed by atoms with Crippen LogP contribution in [0.4, 0.5) is 22.0 Å². The van der Waals surface area contributed by atoms with Crippen molar-refractivity contribution in [2.45, 2.75) is 19.9 Å². The van der Waals surface area contributed by atoms with E-state index in [4.69, 9.17) is 23.2 Å². The molecule has 2 amide bonds. The predicted molar refractivity (Wildman–Crippen MR) is 91.3 cm³/mol. The van der Waals surface area contributed by atoms with Crippen molar-refractivity contribution in [1.29, 1.82) is 0 Å². The minimum Gasteiger partial charge on any atom is -0.339 e. The van der Waals surface area contributed by atoms with E-state index in [2.05, 4.69) is 20.9 Å². The third-order valence-electron chi connectivity index (χ3n) is 2.63. The summed E-state index contributed by atoms with van der Waals surface area (Å²) < 4.78 is 0. The lowest BCUT2D eigenvalue weighted by Crippen LogP contribution is -2.34. The molecule has 0 radical (unpaired) electrons. The Bertz CT molecular complexity index is 659. The molecular weight excluding hydrogens is 323 g/mol. The number of pyridine rings is 1. The molecule has 1 heterocycles. The topological polar surface area (TPSA) is 66.1 Å². The maximum Gasteiger partial charge on any atom is 0.319 e. The van der Waals surface area contributed by atoms with Crippen LogP contribution >= 0.6 is 23.2 Å². The van der Waals surface area contributed by atoms with Gasteiger partial charge >= 0.3 is 6.03 Å². The Balaban J connectivity index is 2.01. The molecular formula is C15H16Cl2N4O. The molecule has 2 aromatic rings. The largest absolute Gasteiger partial charge is 0.339 e. The summed E-state index contributed by atoms with van der Waals surface area (Å²) in [4.78, 5) is 15.8. The molecule has 7 heteroatoms. The second-order valence-corrected chi connectivity index (χ2v) is 5.78. The van der Waals surface area contributed by atoms with Crippen molar-refractivity contribution in [1.82, 2.24) is 10.3 Å². The zero-order chi connectivity index (χ0) is 16.1. The lowest BCUT2D eigenvalue weighted by Gasteiger charge is -2.11. The van der Waals surface area contributed by atoms with Gasteiger partial charge in [-0.05, 0) is 44.2 Å². The van der Waals surface area contributed by atoms with Gasteiger partial charge in [0.1, 0.15) is 5.82 Å². The van der Waals surface area contributed by atoms with Crippen molar-refractivity contribution in [2.24, 2.45) is 0 Å². The van der Waals surface area contributed by atoms with E-state index in [-0.39, 0.29) is 12.1 Å². The quantitative estimate of drug-likeness (QED) is 0.759. The van der Waals surface area contributed by atoms with Crippen molar-refractivity contribution in [3.8, 4) is 0 Å². The van der Waals surface area contributed by atoms with Gasteiger partial charge in [-0.1, -0.05) is 23.2 Å². The maximum absolute atomic E-state index is 11.6. The molecule has 22 heavy (non-hydrogen) atoms. The van der Waals surface area contributed by atoms with E-state index >= 15 is 0 Å². The summed E-state index contributed by atoms with van der Waals surface area (Å²) in [6, 6.07) is 8.46. The second kappa shape index (κ2) is 7.33. The molecule has 2 rings (SSSR count). The molecule has 5 nitrogen and oxygen atoms in total. The van der Waals surface area contributed by atoms with Gasteiger partial charge in [-0.3, -0.25) is 0 Å². The van der Waals surface area contributed by atoms with Crippen LogP contribution in [-0.2, 0) is 0 Å². The van der Waals surface area contributed by atoms with Gasteiger partial charge < -0.3 is 16.0 Å². The molecule has 116 valence electrons. The van der Waals surface area contributed by atoms with Crippen LogP contribution in [0.2, 0.25) is 10.0 Å². The molecule has 0 aliphatic heterocycles. The van der Waals surface area contributed by atoms with Crippen molar-refractivity contribution >= 4 is 46.4 Å². The number of nitrogens with zero attached hydrogens (tertiary/aromatic N) is 1. The molecule has 0 saturated heterocycles. The Labute approximate surface area is 139 Å². The Morgan fingerprint density at radius 3 is 2.55 bits per heavy atom. The van der Waals surface area contributed by atoms with Gasteiger partial charge in [0.15, 0.2) is 0 Å². The van der Waals surface area contributed by atoms with Crippen LogP contribution in [0.25, 0.3) is 0 Å². The molecule has 0 saturated carbocycles. The molecule has 3 N–H and O–H groups in total. The normalized spacial score (nSPS) is 10.4. The van der Waals surface area contributed by atoms with E-state index in [1.54, 1.807) is 36.5 Å². The number of carbonyl (C=O) groups is 1. The molecule has 0 aliphatic carbocycles. The molecule has 0 bridgehead atoms. The fourth-order valence-corrected chi connectivity index (χ4v) is 2.16. The van der Waals surface area contributed by atoms with Gasteiger partial charge in [-0.15, -0.1) is 0 Å². The maximum atomic E-state index is 11.6. The van der Waals surface area contributed by atoms with E-state index in [0.29, 0.717) is 27.2 Å². The molecule has 0 atom stereocenters. The Morgan fingerprint density at radius 1 is 1.18 bits per heavy atom. The van der Waals surface area contributed by atoms with Gasteiger partial charge in [0.2, 0.25) is 0 Å². The van der Waals surface area contributed by atoms with Gasteiger partial charge in [-0.2, -0.15) is 0 Å². The standard InChI is InChI=1S/C15H16Cl2N4O/c1-9(2)19-15(22)20-11-4-6-14(18-8-11)21-13-5-3-10(16)7-12(13)17/h3-9H,1-2H3,(H,18,21)(H2,19,20,22). The van der Waals surface area contributed by atoms with Crippen molar-refractivity contribution in [3.63, 3.8) is 0 Å². The number of rotatable bonds is 4. The second-order valence-electron chi connectivity index (χ2n) is 4.93. The molecule has 0 unspecified atom stereocenters. The van der Waals surface area contributed by atoms with Crippen LogP contribution in [-0.4, -0.2) is 17.1 Å². The summed E-state index contributed by atoms with van der Waals surface area (Å²) >= 11 is 11.9. The number of nitrogens with one attached hydrogen (secondary N) is 3. The molecule has 0 aliphatic rings. The first-order valence-electron chi connectivity index (χ1n) is 6.69. The number of halogens is 2. The van der Waals surface area contributed by atoms with Crippen LogP contribution in [0.3, 0.4) is 0 Å². The third kappa shape index (κ3) is 4.79. The zero-order valence-electron chi connectivity index (χ0n) is 12.2. The first-order chi connectivity index (χ1) is 10.4. The summed E-state index contributed by atoms with van der Waals surface area (Å²) in [5.74, 6) is 0.610. The lowest BCUT2D eigenvalue weighted by molar-refractivity contribution is 0.250. The minimum atomic E-state index is -0.266. The first kappa shape index (κ1) is 16.4. The van der Waals surface area contributed by atoms with Crippen LogP contribution in [0.15, 0.2) is 36.5 Å². The monoisotopic (exact) mass is 338 g/mol. The van der Waals surface area contributed by atoms with Crippen LogP contribution in [0, 0.1) is 0 Å². The van der Waals surface area contributed by atoms with Crippen molar-refractivity contribution < 1.29 is 4.79 Å². The summed E-state index contributed by atoms with van der Waals surface area (Å²) in [5.41, 5.74) is 1.31. The van der Waals surface area contributed by atoms with E-state index in [1.165, 1.54) is 0 Å². The fourth-order valence-electron chi connectivity index (χ4n) is 1.70. The van der Waals surface area contributed by atoms with Gasteiger partial charge in [0, 0.05) is 11.1 Å². The summed E-state index contributed by atoms with van der Waals surface area (Å²) in [5, 5.41) is 9.59. The highest BCUT2D eigenvalue weighted by Gasteiger charge is 2.05. The van der Waals surface area contributed by atoms with Gasteiger partial charge in [-0.25, -0.2) is 9.78 Å². The highest BCUT2D eigenvalue weighted by atomic mass is 35.5. The number of benzene rings is 1. The number of hydrogen-bond acceptors (Lipinski definition) is 3. The Kier molecular flexibility index (Phi) is 5.46. The predicted octanol–water partition coefficient (Wildman–Crippen LogP) is 4.66. The lowest BCUT2D eigenvalue weighted by atomic mass is 10.3. The minimum absolute atomic E-state index is 0.0703. The van der Waals surface area contributed by atoms with Gasteiger partial charge in [0.05, 0.1) is 22.6 Å². The van der Waals surface area contributed by atoms with Crippen LogP contribution < -0.4 is 16.0 Å². The van der Waals surface area contributed by atoms with E-state index in [9.17, 15) is 4.79 Å². The number of urea groups is 1. The zero-order valence-corrected chi connectivity index (χ0v) is 13.7. The number of amides is 2. The molecule has 0 fully saturated rings. The van der Waals surface area contributed by atoms with Crippen LogP contribution in [0.5, 0.6) is 0 Å². The highest BCUT2D eigenvalue weighted by molar-refractivity contribution is 6.36.